The van der Waals surface area contributed by atoms with Crippen molar-refractivity contribution in [2.45, 2.75) is 98.2 Å². The summed E-state index contributed by atoms with van der Waals surface area (Å²) in [5, 5.41) is 3.78. The monoisotopic (exact) mass is 282 g/mol. The van der Waals surface area contributed by atoms with Gasteiger partial charge in [0, 0.05) is 31.2 Å². The molecule has 1 heterocycles. The Morgan fingerprint density at radius 1 is 1.15 bits per heavy atom. The SMILES string of the molecule is CCCCCCC(C)N1CC(C(C)(C)C)NCC1CC. The molecule has 0 saturated carbocycles. The van der Waals surface area contributed by atoms with Gasteiger partial charge in [0.25, 0.3) is 0 Å². The van der Waals surface area contributed by atoms with E-state index in [1.807, 2.05) is 0 Å². The summed E-state index contributed by atoms with van der Waals surface area (Å²) in [7, 11) is 0. The second kappa shape index (κ2) is 8.38. The van der Waals surface area contributed by atoms with Gasteiger partial charge in [0.05, 0.1) is 0 Å². The molecular formula is C18H38N2. The molecule has 0 aromatic rings. The highest BCUT2D eigenvalue weighted by Gasteiger charge is 2.35. The van der Waals surface area contributed by atoms with E-state index in [4.69, 9.17) is 0 Å². The number of nitrogens with one attached hydrogen (secondary N) is 1. The summed E-state index contributed by atoms with van der Waals surface area (Å²) in [5.41, 5.74) is 0.360. The van der Waals surface area contributed by atoms with Gasteiger partial charge in [0.15, 0.2) is 0 Å². The molecule has 1 rings (SSSR count). The fourth-order valence-electron chi connectivity index (χ4n) is 3.35. The summed E-state index contributed by atoms with van der Waals surface area (Å²) >= 11 is 0. The minimum absolute atomic E-state index is 0.360. The topological polar surface area (TPSA) is 15.3 Å². The summed E-state index contributed by atoms with van der Waals surface area (Å²) in [6.45, 7) is 16.5. The third kappa shape index (κ3) is 5.37. The first-order chi connectivity index (χ1) is 9.40. The average molecular weight is 283 g/mol. The molecule has 1 aliphatic heterocycles. The highest BCUT2D eigenvalue weighted by Crippen LogP contribution is 2.26. The summed E-state index contributed by atoms with van der Waals surface area (Å²) < 4.78 is 0. The molecule has 3 unspecified atom stereocenters. The van der Waals surface area contributed by atoms with E-state index in [0.717, 1.165) is 18.6 Å². The third-order valence-corrected chi connectivity index (χ3v) is 5.02. The Bertz CT molecular complexity index is 257. The van der Waals surface area contributed by atoms with Crippen molar-refractivity contribution in [3.63, 3.8) is 0 Å². The average Bonchev–Trinajstić information content (AvgIpc) is 2.41. The number of rotatable bonds is 7. The lowest BCUT2D eigenvalue weighted by Gasteiger charge is -2.47. The number of piperazine rings is 1. The Kier molecular flexibility index (Phi) is 7.53. The Hall–Kier alpha value is -0.0800. The van der Waals surface area contributed by atoms with Crippen molar-refractivity contribution >= 4 is 0 Å². The van der Waals surface area contributed by atoms with Crippen molar-refractivity contribution in [1.29, 1.82) is 0 Å². The summed E-state index contributed by atoms with van der Waals surface area (Å²) in [5.74, 6) is 0. The van der Waals surface area contributed by atoms with E-state index in [1.165, 1.54) is 45.1 Å². The van der Waals surface area contributed by atoms with E-state index in [-0.39, 0.29) is 0 Å². The normalized spacial score (nSPS) is 26.7. The van der Waals surface area contributed by atoms with E-state index < -0.39 is 0 Å². The molecule has 0 aromatic heterocycles. The fourth-order valence-corrected chi connectivity index (χ4v) is 3.35. The highest BCUT2D eigenvalue weighted by molar-refractivity contribution is 4.93. The number of nitrogens with zero attached hydrogens (tertiary/aromatic N) is 1. The largest absolute Gasteiger partial charge is 0.311 e. The van der Waals surface area contributed by atoms with Crippen LogP contribution in [0.1, 0.15) is 80.1 Å². The summed E-state index contributed by atoms with van der Waals surface area (Å²) in [6, 6.07) is 2.10. The molecule has 0 aromatic carbocycles. The molecule has 1 fully saturated rings. The summed E-state index contributed by atoms with van der Waals surface area (Å²) in [4.78, 5) is 2.79. The van der Waals surface area contributed by atoms with Gasteiger partial charge in [-0.05, 0) is 25.2 Å². The molecule has 1 N–H and O–H groups in total. The fraction of sp³-hybridized carbons (Fsp3) is 1.00. The molecule has 1 saturated heterocycles. The first-order valence-corrected chi connectivity index (χ1v) is 8.89. The standard InChI is InChI=1S/C18H38N2/c1-7-9-10-11-12-15(3)20-14-17(18(4,5)6)19-13-16(20)8-2/h15-17,19H,7-14H2,1-6H3. The van der Waals surface area contributed by atoms with E-state index in [0.29, 0.717) is 11.5 Å². The van der Waals surface area contributed by atoms with Crippen LogP contribution in [0.2, 0.25) is 0 Å². The molecule has 0 radical (unpaired) electrons. The van der Waals surface area contributed by atoms with E-state index >= 15 is 0 Å². The van der Waals surface area contributed by atoms with E-state index in [2.05, 4.69) is 51.8 Å². The molecule has 0 amide bonds. The van der Waals surface area contributed by atoms with Crippen LogP contribution in [0, 0.1) is 5.41 Å². The van der Waals surface area contributed by atoms with Crippen LogP contribution in [0.15, 0.2) is 0 Å². The molecule has 3 atom stereocenters. The molecule has 1 aliphatic rings. The Labute approximate surface area is 127 Å². The van der Waals surface area contributed by atoms with Crippen molar-refractivity contribution in [1.82, 2.24) is 10.2 Å². The highest BCUT2D eigenvalue weighted by atomic mass is 15.3. The van der Waals surface area contributed by atoms with Gasteiger partial charge in [-0.2, -0.15) is 0 Å². The lowest BCUT2D eigenvalue weighted by atomic mass is 9.84. The second-order valence-corrected chi connectivity index (χ2v) is 7.78. The number of hydrogen-bond donors (Lipinski definition) is 1. The van der Waals surface area contributed by atoms with Gasteiger partial charge >= 0.3 is 0 Å². The van der Waals surface area contributed by atoms with Crippen molar-refractivity contribution in [2.75, 3.05) is 13.1 Å². The van der Waals surface area contributed by atoms with Crippen LogP contribution in [0.5, 0.6) is 0 Å². The Morgan fingerprint density at radius 3 is 2.40 bits per heavy atom. The second-order valence-electron chi connectivity index (χ2n) is 7.78. The molecule has 0 aliphatic carbocycles. The molecule has 0 spiro atoms. The van der Waals surface area contributed by atoms with Crippen LogP contribution in [0.25, 0.3) is 0 Å². The minimum Gasteiger partial charge on any atom is -0.311 e. The number of hydrogen-bond acceptors (Lipinski definition) is 2. The molecule has 20 heavy (non-hydrogen) atoms. The zero-order valence-electron chi connectivity index (χ0n) is 14.8. The van der Waals surface area contributed by atoms with Crippen molar-refractivity contribution in [3.8, 4) is 0 Å². The van der Waals surface area contributed by atoms with Gasteiger partial charge in [-0.1, -0.05) is 60.3 Å². The van der Waals surface area contributed by atoms with Gasteiger partial charge in [-0.3, -0.25) is 4.90 Å². The molecule has 120 valence electrons. The first-order valence-electron chi connectivity index (χ1n) is 8.89. The first kappa shape index (κ1) is 18.0. The van der Waals surface area contributed by atoms with Crippen molar-refractivity contribution in [3.05, 3.63) is 0 Å². The zero-order valence-corrected chi connectivity index (χ0v) is 14.8. The van der Waals surface area contributed by atoms with Crippen LogP contribution in [0.4, 0.5) is 0 Å². The van der Waals surface area contributed by atoms with Gasteiger partial charge in [0.1, 0.15) is 0 Å². The van der Waals surface area contributed by atoms with Crippen LogP contribution >= 0.6 is 0 Å². The minimum atomic E-state index is 0.360. The smallest absolute Gasteiger partial charge is 0.0244 e. The number of unbranched alkanes of at least 4 members (excludes halogenated alkanes) is 3. The molecule has 2 nitrogen and oxygen atoms in total. The maximum atomic E-state index is 3.78. The van der Waals surface area contributed by atoms with Crippen LogP contribution in [0.3, 0.4) is 0 Å². The van der Waals surface area contributed by atoms with E-state index in [1.54, 1.807) is 0 Å². The van der Waals surface area contributed by atoms with Gasteiger partial charge in [-0.15, -0.1) is 0 Å². The lowest BCUT2D eigenvalue weighted by Crippen LogP contribution is -2.62. The van der Waals surface area contributed by atoms with E-state index in [9.17, 15) is 0 Å². The van der Waals surface area contributed by atoms with Crippen LogP contribution in [-0.2, 0) is 0 Å². The molecule has 2 heteroatoms. The molecular weight excluding hydrogens is 244 g/mol. The van der Waals surface area contributed by atoms with Gasteiger partial charge in [-0.25, -0.2) is 0 Å². The van der Waals surface area contributed by atoms with Crippen molar-refractivity contribution in [2.24, 2.45) is 5.41 Å². The predicted molar refractivity (Wildman–Crippen MR) is 90.3 cm³/mol. The molecule has 0 bridgehead atoms. The third-order valence-electron chi connectivity index (χ3n) is 5.02. The van der Waals surface area contributed by atoms with Crippen LogP contribution in [-0.4, -0.2) is 36.1 Å². The van der Waals surface area contributed by atoms with Gasteiger partial charge < -0.3 is 5.32 Å². The zero-order chi connectivity index (χ0) is 15.2. The maximum absolute atomic E-state index is 3.78. The maximum Gasteiger partial charge on any atom is 0.0244 e. The van der Waals surface area contributed by atoms with Crippen molar-refractivity contribution < 1.29 is 0 Å². The quantitative estimate of drug-likeness (QED) is 0.694. The van der Waals surface area contributed by atoms with Crippen LogP contribution < -0.4 is 5.32 Å². The lowest BCUT2D eigenvalue weighted by molar-refractivity contribution is 0.0496. The Morgan fingerprint density at radius 2 is 1.85 bits per heavy atom. The van der Waals surface area contributed by atoms with Gasteiger partial charge in [0.2, 0.25) is 0 Å². The summed E-state index contributed by atoms with van der Waals surface area (Å²) in [6.07, 6.45) is 8.18. The predicted octanol–water partition coefficient (Wildman–Crippen LogP) is 4.44. The Balaban J connectivity index is 2.52.